The molecule has 0 aliphatic heterocycles. The van der Waals surface area contributed by atoms with E-state index < -0.39 is 0 Å². The lowest BCUT2D eigenvalue weighted by Gasteiger charge is -2.04. The molecule has 4 nitrogen and oxygen atoms in total. The Morgan fingerprint density at radius 1 is 1.42 bits per heavy atom. The largest absolute Gasteiger partial charge is 0.399 e. The van der Waals surface area contributed by atoms with Gasteiger partial charge in [-0.05, 0) is 25.1 Å². The summed E-state index contributed by atoms with van der Waals surface area (Å²) in [6.45, 7) is 1.82. The van der Waals surface area contributed by atoms with Gasteiger partial charge in [0.2, 0.25) is 0 Å². The molecular weight excluding hydrogens is 285 g/mol. The molecule has 1 aromatic carbocycles. The Morgan fingerprint density at radius 3 is 2.63 bits per heavy atom. The van der Waals surface area contributed by atoms with Crippen molar-refractivity contribution in [2.24, 2.45) is 7.05 Å². The van der Waals surface area contributed by atoms with Gasteiger partial charge in [0.05, 0.1) is 10.7 Å². The van der Waals surface area contributed by atoms with Gasteiger partial charge in [0.1, 0.15) is 5.15 Å². The van der Waals surface area contributed by atoms with E-state index in [2.05, 4.69) is 5.10 Å². The van der Waals surface area contributed by atoms with Crippen LogP contribution in [0.25, 0.3) is 0 Å². The summed E-state index contributed by atoms with van der Waals surface area (Å²) < 4.78 is 1.55. The van der Waals surface area contributed by atoms with Crippen molar-refractivity contribution in [3.8, 4) is 0 Å². The number of nitrogens with zero attached hydrogens (tertiary/aromatic N) is 2. The monoisotopic (exact) mass is 297 g/mol. The van der Waals surface area contributed by atoms with Gasteiger partial charge in [-0.15, -0.1) is 0 Å². The highest BCUT2D eigenvalue weighted by Crippen LogP contribution is 2.24. The van der Waals surface area contributed by atoms with Crippen molar-refractivity contribution in [2.45, 2.75) is 13.3 Å². The molecule has 0 fully saturated rings. The zero-order chi connectivity index (χ0) is 14.2. The van der Waals surface area contributed by atoms with Crippen LogP contribution < -0.4 is 5.73 Å². The van der Waals surface area contributed by atoms with E-state index in [9.17, 15) is 4.79 Å². The fourth-order valence-electron chi connectivity index (χ4n) is 1.89. The standard InChI is InChI=1S/C13H13Cl2N3O/c1-7-10(13(15)18(2)17-7)6-12(19)9-4-3-8(16)5-11(9)14/h3-5H,6,16H2,1-2H3. The first-order chi connectivity index (χ1) is 8.90. The van der Waals surface area contributed by atoms with Crippen LogP contribution in [0.15, 0.2) is 18.2 Å². The first-order valence-electron chi connectivity index (χ1n) is 5.66. The van der Waals surface area contributed by atoms with Crippen LogP contribution in [0, 0.1) is 6.92 Å². The Labute approximate surface area is 121 Å². The molecule has 6 heteroatoms. The van der Waals surface area contributed by atoms with E-state index in [1.54, 1.807) is 29.9 Å². The van der Waals surface area contributed by atoms with Gasteiger partial charge in [0.15, 0.2) is 5.78 Å². The summed E-state index contributed by atoms with van der Waals surface area (Å²) in [5.41, 5.74) is 8.03. The van der Waals surface area contributed by atoms with Crippen LogP contribution in [0.1, 0.15) is 21.6 Å². The summed E-state index contributed by atoms with van der Waals surface area (Å²) in [6, 6.07) is 4.84. The molecule has 0 spiro atoms. The number of nitrogens with two attached hydrogens (primary N) is 1. The number of carbonyl (C=O) groups is 1. The predicted molar refractivity (Wildman–Crippen MR) is 76.9 cm³/mol. The highest BCUT2D eigenvalue weighted by Gasteiger charge is 2.17. The maximum absolute atomic E-state index is 12.2. The summed E-state index contributed by atoms with van der Waals surface area (Å²) in [5.74, 6) is -0.108. The van der Waals surface area contributed by atoms with E-state index in [1.807, 2.05) is 6.92 Å². The topological polar surface area (TPSA) is 60.9 Å². The van der Waals surface area contributed by atoms with Crippen LogP contribution >= 0.6 is 23.2 Å². The number of nitrogen functional groups attached to an aromatic ring is 1. The third-order valence-corrected chi connectivity index (χ3v) is 3.69. The van der Waals surface area contributed by atoms with Crippen molar-refractivity contribution in [3.05, 3.63) is 45.2 Å². The van der Waals surface area contributed by atoms with E-state index in [0.29, 0.717) is 21.4 Å². The maximum Gasteiger partial charge on any atom is 0.168 e. The summed E-state index contributed by atoms with van der Waals surface area (Å²) in [5, 5.41) is 4.99. The molecule has 2 rings (SSSR count). The number of carbonyl (C=O) groups excluding carboxylic acids is 1. The predicted octanol–water partition coefficient (Wildman–Crippen LogP) is 3.04. The zero-order valence-electron chi connectivity index (χ0n) is 10.6. The fraction of sp³-hybridized carbons (Fsp3) is 0.231. The van der Waals surface area contributed by atoms with Crippen LogP contribution in [0.4, 0.5) is 5.69 Å². The molecule has 0 unspecified atom stereocenters. The molecular formula is C13H13Cl2N3O. The number of anilines is 1. The molecule has 2 N–H and O–H groups in total. The van der Waals surface area contributed by atoms with Gasteiger partial charge in [0, 0.05) is 30.3 Å². The molecule has 2 aromatic rings. The summed E-state index contributed by atoms with van der Waals surface area (Å²) in [6.07, 6.45) is 0.169. The minimum atomic E-state index is -0.108. The molecule has 0 saturated heterocycles. The Balaban J connectivity index is 2.31. The summed E-state index contributed by atoms with van der Waals surface area (Å²) in [7, 11) is 1.74. The number of hydrogen-bond acceptors (Lipinski definition) is 3. The highest BCUT2D eigenvalue weighted by molar-refractivity contribution is 6.34. The lowest BCUT2D eigenvalue weighted by atomic mass is 10.0. The van der Waals surface area contributed by atoms with E-state index >= 15 is 0 Å². The molecule has 1 aromatic heterocycles. The quantitative estimate of drug-likeness (QED) is 0.700. The minimum absolute atomic E-state index is 0.108. The Hall–Kier alpha value is -1.52. The van der Waals surface area contributed by atoms with Gasteiger partial charge in [-0.2, -0.15) is 5.10 Å². The van der Waals surface area contributed by atoms with Crippen LogP contribution in [0.2, 0.25) is 10.2 Å². The van der Waals surface area contributed by atoms with Gasteiger partial charge in [-0.1, -0.05) is 23.2 Å². The average molecular weight is 298 g/mol. The van der Waals surface area contributed by atoms with Crippen LogP contribution in [0.5, 0.6) is 0 Å². The molecule has 0 bridgehead atoms. The maximum atomic E-state index is 12.2. The minimum Gasteiger partial charge on any atom is -0.399 e. The van der Waals surface area contributed by atoms with E-state index in [-0.39, 0.29) is 12.2 Å². The zero-order valence-corrected chi connectivity index (χ0v) is 12.1. The number of Topliss-reactive ketones (excluding diaryl/α,β-unsaturated/α-hetero) is 1. The molecule has 100 valence electrons. The van der Waals surface area contributed by atoms with Crippen LogP contribution in [0.3, 0.4) is 0 Å². The lowest BCUT2D eigenvalue weighted by Crippen LogP contribution is -2.05. The van der Waals surface area contributed by atoms with Crippen molar-refractivity contribution in [2.75, 3.05) is 5.73 Å². The second kappa shape index (κ2) is 5.23. The second-order valence-electron chi connectivity index (χ2n) is 4.32. The van der Waals surface area contributed by atoms with Crippen molar-refractivity contribution >= 4 is 34.7 Å². The van der Waals surface area contributed by atoms with Crippen molar-refractivity contribution in [1.82, 2.24) is 9.78 Å². The molecule has 19 heavy (non-hydrogen) atoms. The molecule has 0 amide bonds. The molecule has 1 heterocycles. The Bertz CT molecular complexity index is 650. The molecule has 0 atom stereocenters. The number of hydrogen-bond donors (Lipinski definition) is 1. The third kappa shape index (κ3) is 2.74. The van der Waals surface area contributed by atoms with Crippen molar-refractivity contribution < 1.29 is 4.79 Å². The number of aromatic nitrogens is 2. The SMILES string of the molecule is Cc1nn(C)c(Cl)c1CC(=O)c1ccc(N)cc1Cl. The smallest absolute Gasteiger partial charge is 0.168 e. The van der Waals surface area contributed by atoms with E-state index in [4.69, 9.17) is 28.9 Å². The number of aryl methyl sites for hydroxylation is 2. The summed E-state index contributed by atoms with van der Waals surface area (Å²) in [4.78, 5) is 12.2. The number of rotatable bonds is 3. The number of halogens is 2. The van der Waals surface area contributed by atoms with Gasteiger partial charge in [-0.25, -0.2) is 0 Å². The highest BCUT2D eigenvalue weighted by atomic mass is 35.5. The fourth-order valence-corrected chi connectivity index (χ4v) is 2.42. The first-order valence-corrected chi connectivity index (χ1v) is 6.42. The van der Waals surface area contributed by atoms with Gasteiger partial charge in [-0.3, -0.25) is 9.48 Å². The van der Waals surface area contributed by atoms with E-state index in [0.717, 1.165) is 11.3 Å². The molecule has 0 aliphatic rings. The average Bonchev–Trinajstić information content (AvgIpc) is 2.56. The van der Waals surface area contributed by atoms with Gasteiger partial charge >= 0.3 is 0 Å². The Kier molecular flexibility index (Phi) is 3.83. The lowest BCUT2D eigenvalue weighted by molar-refractivity contribution is 0.0993. The number of benzene rings is 1. The molecule has 0 aliphatic carbocycles. The third-order valence-electron chi connectivity index (χ3n) is 2.90. The van der Waals surface area contributed by atoms with Gasteiger partial charge in [0.25, 0.3) is 0 Å². The van der Waals surface area contributed by atoms with Gasteiger partial charge < -0.3 is 5.73 Å². The number of ketones is 1. The first kappa shape index (κ1) is 13.9. The van der Waals surface area contributed by atoms with Crippen molar-refractivity contribution in [3.63, 3.8) is 0 Å². The molecule has 0 saturated carbocycles. The van der Waals surface area contributed by atoms with Crippen LogP contribution in [-0.2, 0) is 13.5 Å². The van der Waals surface area contributed by atoms with E-state index in [1.165, 1.54) is 0 Å². The summed E-state index contributed by atoms with van der Waals surface area (Å²) >= 11 is 12.1. The molecule has 0 radical (unpaired) electrons. The van der Waals surface area contributed by atoms with Crippen LogP contribution in [-0.4, -0.2) is 15.6 Å². The second-order valence-corrected chi connectivity index (χ2v) is 5.08. The Morgan fingerprint density at radius 2 is 2.11 bits per heavy atom. The van der Waals surface area contributed by atoms with Crippen molar-refractivity contribution in [1.29, 1.82) is 0 Å². The normalized spacial score (nSPS) is 10.7.